The molecule has 2 bridgehead atoms. The van der Waals surface area contributed by atoms with Gasteiger partial charge in [-0.15, -0.1) is 0 Å². The van der Waals surface area contributed by atoms with Crippen molar-refractivity contribution in [1.82, 2.24) is 0 Å². The van der Waals surface area contributed by atoms with E-state index in [0.717, 1.165) is 25.7 Å². The number of hydrogen-bond acceptors (Lipinski definition) is 2. The summed E-state index contributed by atoms with van der Waals surface area (Å²) in [6.07, 6.45) is 4.71. The van der Waals surface area contributed by atoms with Crippen LogP contribution in [0.4, 0.5) is 0 Å². The minimum absolute atomic E-state index is 0.354. The monoisotopic (exact) mass is 238 g/mol. The van der Waals surface area contributed by atoms with Crippen LogP contribution in [0.2, 0.25) is 0 Å². The maximum absolute atomic E-state index is 12.6. The van der Waals surface area contributed by atoms with E-state index in [4.69, 9.17) is 0 Å². The smallest absolute Gasteiger partial charge is 0.145 e. The quantitative estimate of drug-likeness (QED) is 0.692. The summed E-state index contributed by atoms with van der Waals surface area (Å²) in [5.41, 5.74) is 4.50. The number of hydrogen-bond donors (Lipinski definition) is 0. The first-order valence-electron chi connectivity index (χ1n) is 6.90. The van der Waals surface area contributed by atoms with E-state index in [1.807, 2.05) is 0 Å². The number of rotatable bonds is 0. The van der Waals surface area contributed by atoms with Gasteiger partial charge in [0.2, 0.25) is 0 Å². The van der Waals surface area contributed by atoms with Crippen LogP contribution in [0.15, 0.2) is 12.1 Å². The van der Waals surface area contributed by atoms with Crippen molar-refractivity contribution in [1.29, 1.82) is 0 Å². The topological polar surface area (TPSA) is 34.1 Å². The molecule has 1 aromatic carbocycles. The molecule has 2 spiro atoms. The van der Waals surface area contributed by atoms with E-state index < -0.39 is 10.8 Å². The minimum atomic E-state index is -0.399. The Morgan fingerprint density at radius 1 is 0.778 bits per heavy atom. The Labute approximate surface area is 105 Å². The molecule has 0 saturated heterocycles. The fraction of sp³-hybridized carbons (Fsp3) is 0.500. The van der Waals surface area contributed by atoms with E-state index >= 15 is 0 Å². The summed E-state index contributed by atoms with van der Waals surface area (Å²) < 4.78 is 0. The summed E-state index contributed by atoms with van der Waals surface area (Å²) in [6.45, 7) is 0. The van der Waals surface area contributed by atoms with Gasteiger partial charge < -0.3 is 0 Å². The van der Waals surface area contributed by atoms with Gasteiger partial charge >= 0.3 is 0 Å². The van der Waals surface area contributed by atoms with Gasteiger partial charge in [-0.05, 0) is 47.9 Å². The molecule has 0 unspecified atom stereocenters. The minimum Gasteiger partial charge on any atom is -0.299 e. The molecule has 0 heterocycles. The highest BCUT2D eigenvalue weighted by Crippen LogP contribution is 2.62. The van der Waals surface area contributed by atoms with E-state index in [1.165, 1.54) is 22.3 Å². The summed E-state index contributed by atoms with van der Waals surface area (Å²) >= 11 is 0. The maximum atomic E-state index is 12.6. The van der Waals surface area contributed by atoms with E-state index in [9.17, 15) is 9.59 Å². The largest absolute Gasteiger partial charge is 0.299 e. The van der Waals surface area contributed by atoms with Crippen molar-refractivity contribution >= 4 is 11.6 Å². The Morgan fingerprint density at radius 2 is 1.22 bits per heavy atom. The van der Waals surface area contributed by atoms with Crippen LogP contribution in [0.5, 0.6) is 0 Å². The van der Waals surface area contributed by atoms with E-state index in [1.54, 1.807) is 0 Å². The number of fused-ring (bicyclic) bond motifs is 2. The van der Waals surface area contributed by atoms with Crippen molar-refractivity contribution in [3.05, 3.63) is 34.4 Å². The molecule has 90 valence electrons. The predicted octanol–water partition coefficient (Wildman–Crippen LogP) is 2.00. The number of carbonyl (C=O) groups is 2. The SMILES string of the molecule is O=C1C[C@]23CCc4ccc5c(c42)[C@@]1(CC5)CC3=O. The fourth-order valence-electron chi connectivity index (χ4n) is 5.14. The van der Waals surface area contributed by atoms with Crippen LogP contribution < -0.4 is 0 Å². The first-order chi connectivity index (χ1) is 8.67. The highest BCUT2D eigenvalue weighted by Gasteiger charge is 2.65. The first kappa shape index (κ1) is 9.48. The van der Waals surface area contributed by atoms with E-state index in [2.05, 4.69) is 12.1 Å². The number of aryl methyl sites for hydroxylation is 2. The maximum Gasteiger partial charge on any atom is 0.145 e. The van der Waals surface area contributed by atoms with Gasteiger partial charge in [0.05, 0.1) is 10.8 Å². The third kappa shape index (κ3) is 0.706. The lowest BCUT2D eigenvalue weighted by molar-refractivity contribution is -0.142. The van der Waals surface area contributed by atoms with Gasteiger partial charge in [0, 0.05) is 12.8 Å². The van der Waals surface area contributed by atoms with Crippen molar-refractivity contribution in [2.75, 3.05) is 0 Å². The summed E-state index contributed by atoms with van der Waals surface area (Å²) in [5, 5.41) is 0. The van der Waals surface area contributed by atoms with Crippen LogP contribution in [-0.2, 0) is 33.3 Å². The van der Waals surface area contributed by atoms with Gasteiger partial charge in [0.25, 0.3) is 0 Å². The molecule has 18 heavy (non-hydrogen) atoms. The Hall–Kier alpha value is -1.44. The predicted molar refractivity (Wildman–Crippen MR) is 65.7 cm³/mol. The molecule has 0 radical (unpaired) electrons. The third-order valence-corrected chi connectivity index (χ3v) is 5.97. The zero-order valence-electron chi connectivity index (χ0n) is 10.2. The van der Waals surface area contributed by atoms with Crippen molar-refractivity contribution in [2.45, 2.75) is 49.4 Å². The van der Waals surface area contributed by atoms with Crippen molar-refractivity contribution in [3.8, 4) is 0 Å². The second kappa shape index (κ2) is 2.47. The van der Waals surface area contributed by atoms with Gasteiger partial charge in [-0.25, -0.2) is 0 Å². The molecule has 1 fully saturated rings. The summed E-state index contributed by atoms with van der Waals surface area (Å²) in [7, 11) is 0. The molecule has 0 aliphatic heterocycles. The molecular formula is C16H14O2. The molecule has 2 heteroatoms. The van der Waals surface area contributed by atoms with E-state index in [0.29, 0.717) is 24.4 Å². The van der Waals surface area contributed by atoms with Crippen LogP contribution in [0, 0.1) is 0 Å². The molecule has 5 aliphatic rings. The van der Waals surface area contributed by atoms with Crippen LogP contribution >= 0.6 is 0 Å². The van der Waals surface area contributed by atoms with Gasteiger partial charge in [-0.2, -0.15) is 0 Å². The summed E-state index contributed by atoms with van der Waals surface area (Å²) in [5.74, 6) is 0.708. The number of carbonyl (C=O) groups excluding carboxylic acids is 2. The molecule has 1 saturated carbocycles. The molecule has 0 N–H and O–H groups in total. The van der Waals surface area contributed by atoms with Crippen molar-refractivity contribution < 1.29 is 9.59 Å². The molecule has 6 rings (SSSR count). The average Bonchev–Trinajstić information content (AvgIpc) is 2.89. The molecule has 1 aromatic rings. The average molecular weight is 238 g/mol. The number of ketones is 2. The second-order valence-electron chi connectivity index (χ2n) is 6.50. The molecule has 0 aromatic heterocycles. The second-order valence-corrected chi connectivity index (χ2v) is 6.50. The van der Waals surface area contributed by atoms with Crippen LogP contribution in [0.3, 0.4) is 0 Å². The number of benzene rings is 1. The molecule has 0 amide bonds. The molecule has 5 aliphatic carbocycles. The molecule has 2 nitrogen and oxygen atoms in total. The lowest BCUT2D eigenvalue weighted by Gasteiger charge is -2.49. The van der Waals surface area contributed by atoms with Gasteiger partial charge in [-0.1, -0.05) is 12.1 Å². The van der Waals surface area contributed by atoms with Crippen LogP contribution in [-0.4, -0.2) is 11.6 Å². The Kier molecular flexibility index (Phi) is 1.30. The zero-order valence-corrected chi connectivity index (χ0v) is 10.2. The first-order valence-corrected chi connectivity index (χ1v) is 6.90. The number of Topliss-reactive ketones (excluding diaryl/α,β-unsaturated/α-hetero) is 2. The van der Waals surface area contributed by atoms with Gasteiger partial charge in [0.15, 0.2) is 0 Å². The Balaban J connectivity index is 2.01. The fourth-order valence-corrected chi connectivity index (χ4v) is 5.14. The zero-order chi connectivity index (χ0) is 12.1. The lowest BCUT2D eigenvalue weighted by atomic mass is 9.51. The normalized spacial score (nSPS) is 38.4. The summed E-state index contributed by atoms with van der Waals surface area (Å²) in [6, 6.07) is 4.42. The third-order valence-electron chi connectivity index (χ3n) is 5.97. The lowest BCUT2D eigenvalue weighted by Crippen LogP contribution is -2.57. The standard InChI is InChI=1S/C16H14O2/c17-11-8-16-6-4-10-2-1-9-3-5-15(11,7-12(16)18)13(9)14(10)16/h1-2H,3-8H2/t15-,16-/m0/s1. The van der Waals surface area contributed by atoms with Crippen LogP contribution in [0.25, 0.3) is 0 Å². The molecule has 2 atom stereocenters. The van der Waals surface area contributed by atoms with Crippen LogP contribution in [0.1, 0.15) is 47.9 Å². The molecular weight excluding hydrogens is 224 g/mol. The Bertz CT molecular complexity index is 600. The van der Waals surface area contributed by atoms with Crippen molar-refractivity contribution in [3.63, 3.8) is 0 Å². The highest BCUT2D eigenvalue weighted by atomic mass is 16.1. The summed E-state index contributed by atoms with van der Waals surface area (Å²) in [4.78, 5) is 25.2. The van der Waals surface area contributed by atoms with Gasteiger partial charge in [0.1, 0.15) is 11.6 Å². The Morgan fingerprint density at radius 3 is 1.67 bits per heavy atom. The highest BCUT2D eigenvalue weighted by molar-refractivity contribution is 6.11. The van der Waals surface area contributed by atoms with Crippen molar-refractivity contribution in [2.24, 2.45) is 0 Å². The van der Waals surface area contributed by atoms with E-state index in [-0.39, 0.29) is 0 Å². The van der Waals surface area contributed by atoms with Gasteiger partial charge in [-0.3, -0.25) is 9.59 Å².